The lowest BCUT2D eigenvalue weighted by molar-refractivity contribution is -0.385. The molecule has 6 nitrogen and oxygen atoms in total. The van der Waals surface area contributed by atoms with Gasteiger partial charge in [0.25, 0.3) is 5.91 Å². The summed E-state index contributed by atoms with van der Waals surface area (Å²) in [6.45, 7) is 18.2. The average Bonchev–Trinajstić information content (AvgIpc) is 2.61. The fraction of sp³-hybridized carbons (Fsp3) is 0.667. The van der Waals surface area contributed by atoms with E-state index in [4.69, 9.17) is 4.74 Å². The monoisotopic (exact) mass is 408 g/mol. The Kier molecular flexibility index (Phi) is 8.23. The molecule has 0 saturated carbocycles. The van der Waals surface area contributed by atoms with Gasteiger partial charge in [-0.05, 0) is 35.7 Å². The molecule has 0 spiro atoms. The Morgan fingerprint density at radius 1 is 1.07 bits per heavy atom. The van der Waals surface area contributed by atoms with Gasteiger partial charge in [0.1, 0.15) is 0 Å². The van der Waals surface area contributed by atoms with E-state index in [0.717, 1.165) is 5.19 Å². The van der Waals surface area contributed by atoms with Crippen LogP contribution in [0.4, 0.5) is 5.69 Å². The van der Waals surface area contributed by atoms with Crippen molar-refractivity contribution in [1.29, 1.82) is 0 Å². The van der Waals surface area contributed by atoms with E-state index >= 15 is 0 Å². The van der Waals surface area contributed by atoms with E-state index in [1.54, 1.807) is 4.90 Å². The summed E-state index contributed by atoms with van der Waals surface area (Å²) in [5.74, 6) is -0.0856. The van der Waals surface area contributed by atoms with Crippen molar-refractivity contribution in [2.24, 2.45) is 0 Å². The number of carbonyl (C=O) groups excluding carboxylic acids is 1. The molecule has 0 aromatic heterocycles. The molecule has 1 aromatic carbocycles. The number of nitro benzene ring substituents is 1. The van der Waals surface area contributed by atoms with Gasteiger partial charge in [0, 0.05) is 19.2 Å². The molecule has 0 aliphatic rings. The summed E-state index contributed by atoms with van der Waals surface area (Å²) < 4.78 is 5.51. The first-order valence-corrected chi connectivity index (χ1v) is 12.4. The highest BCUT2D eigenvalue weighted by atomic mass is 28.3. The third-order valence-electron chi connectivity index (χ3n) is 6.13. The Labute approximate surface area is 170 Å². The predicted molar refractivity (Wildman–Crippen MR) is 118 cm³/mol. The van der Waals surface area contributed by atoms with E-state index in [-0.39, 0.29) is 17.3 Å². The Morgan fingerprint density at radius 2 is 1.54 bits per heavy atom. The number of amides is 1. The van der Waals surface area contributed by atoms with E-state index < -0.39 is 13.0 Å². The molecule has 1 rings (SSSR count). The first kappa shape index (κ1) is 24.1. The summed E-state index contributed by atoms with van der Waals surface area (Å²) in [6, 6.07) is 3.35. The maximum absolute atomic E-state index is 13.5. The Morgan fingerprint density at radius 3 is 1.86 bits per heavy atom. The number of nitro groups is 1. The van der Waals surface area contributed by atoms with Crippen LogP contribution < -0.4 is 9.92 Å². The molecule has 1 aromatic rings. The predicted octanol–water partition coefficient (Wildman–Crippen LogP) is 4.97. The Hall–Kier alpha value is -1.89. The van der Waals surface area contributed by atoms with Gasteiger partial charge in [0.2, 0.25) is 5.75 Å². The number of nitrogens with zero attached hydrogens (tertiary/aromatic N) is 2. The van der Waals surface area contributed by atoms with Crippen LogP contribution in [-0.2, 0) is 0 Å². The van der Waals surface area contributed by atoms with Crippen molar-refractivity contribution in [1.82, 2.24) is 4.90 Å². The fourth-order valence-corrected chi connectivity index (χ4v) is 12.0. The SMILES string of the molecule is CCN(CC)C(=O)c1c([Si](C(C)C)(C(C)C)C(C)C)ccc([N+](=O)[O-])c1OC. The average molecular weight is 409 g/mol. The molecule has 0 aliphatic heterocycles. The number of hydrogen-bond donors (Lipinski definition) is 0. The zero-order chi connectivity index (χ0) is 21.8. The number of carbonyl (C=O) groups is 1. The van der Waals surface area contributed by atoms with Gasteiger partial charge >= 0.3 is 5.69 Å². The van der Waals surface area contributed by atoms with Crippen LogP contribution in [0.2, 0.25) is 16.6 Å². The largest absolute Gasteiger partial charge is 0.490 e. The maximum atomic E-state index is 13.5. The molecule has 0 unspecified atom stereocenters. The summed E-state index contributed by atoms with van der Waals surface area (Å²) in [7, 11) is -0.827. The van der Waals surface area contributed by atoms with Gasteiger partial charge in [-0.2, -0.15) is 0 Å². The van der Waals surface area contributed by atoms with Gasteiger partial charge < -0.3 is 9.64 Å². The van der Waals surface area contributed by atoms with E-state index in [2.05, 4.69) is 41.5 Å². The number of hydrogen-bond acceptors (Lipinski definition) is 4. The highest BCUT2D eigenvalue weighted by Gasteiger charge is 2.48. The van der Waals surface area contributed by atoms with Crippen molar-refractivity contribution in [3.63, 3.8) is 0 Å². The van der Waals surface area contributed by atoms with Crippen molar-refractivity contribution >= 4 is 24.9 Å². The van der Waals surface area contributed by atoms with Crippen LogP contribution in [0.15, 0.2) is 12.1 Å². The van der Waals surface area contributed by atoms with Crippen molar-refractivity contribution < 1.29 is 14.5 Å². The quantitative estimate of drug-likeness (QED) is 0.328. The van der Waals surface area contributed by atoms with Gasteiger partial charge in [0.05, 0.1) is 25.7 Å². The zero-order valence-corrected chi connectivity index (χ0v) is 19.8. The second-order valence-corrected chi connectivity index (χ2v) is 14.0. The molecule has 0 heterocycles. The molecule has 158 valence electrons. The highest BCUT2D eigenvalue weighted by molar-refractivity contribution is 6.95. The molecule has 0 radical (unpaired) electrons. The number of benzene rings is 1. The molecule has 1 amide bonds. The minimum Gasteiger partial charge on any atom is -0.490 e. The fourth-order valence-electron chi connectivity index (χ4n) is 5.10. The summed E-state index contributed by atoms with van der Waals surface area (Å²) in [5, 5.41) is 12.6. The molecule has 0 fully saturated rings. The Balaban J connectivity index is 4.09. The number of ether oxygens (including phenoxy) is 1. The van der Waals surface area contributed by atoms with Crippen LogP contribution in [0.1, 0.15) is 65.7 Å². The first-order chi connectivity index (χ1) is 13.0. The summed E-state index contributed by atoms with van der Waals surface area (Å²) in [4.78, 5) is 26.4. The number of methoxy groups -OCH3 is 1. The molecule has 28 heavy (non-hydrogen) atoms. The van der Waals surface area contributed by atoms with Crippen molar-refractivity contribution in [3.8, 4) is 5.75 Å². The van der Waals surface area contributed by atoms with Crippen LogP contribution in [-0.4, -0.2) is 44.0 Å². The first-order valence-electron chi connectivity index (χ1n) is 10.2. The lowest BCUT2D eigenvalue weighted by Gasteiger charge is -2.44. The van der Waals surface area contributed by atoms with Crippen LogP contribution in [0, 0.1) is 10.1 Å². The topological polar surface area (TPSA) is 72.7 Å². The molecule has 0 N–H and O–H groups in total. The maximum Gasteiger partial charge on any atom is 0.311 e. The Bertz CT molecular complexity index is 691. The van der Waals surface area contributed by atoms with Gasteiger partial charge in [-0.25, -0.2) is 0 Å². The molecular weight excluding hydrogens is 372 g/mol. The van der Waals surface area contributed by atoms with Gasteiger partial charge in [-0.1, -0.05) is 47.6 Å². The molecule has 0 bridgehead atoms. The standard InChI is InChI=1S/C21H36N2O4Si/c1-10-22(11-2)21(24)19-18(13-12-17(23(25)26)20(19)27-9)28(14(3)4,15(5)6)16(7)8/h12-16H,10-11H2,1-9H3. The summed E-state index contributed by atoms with van der Waals surface area (Å²) in [5.41, 5.74) is 1.33. The second-order valence-electron chi connectivity index (χ2n) is 8.17. The van der Waals surface area contributed by atoms with Gasteiger partial charge in [-0.3, -0.25) is 14.9 Å². The van der Waals surface area contributed by atoms with Gasteiger partial charge in [-0.15, -0.1) is 0 Å². The highest BCUT2D eigenvalue weighted by Crippen LogP contribution is 2.44. The normalized spacial score (nSPS) is 12.0. The van der Waals surface area contributed by atoms with Crippen molar-refractivity contribution in [2.75, 3.05) is 20.2 Å². The van der Waals surface area contributed by atoms with Crippen LogP contribution >= 0.6 is 0 Å². The number of rotatable bonds is 9. The molecule has 0 aliphatic carbocycles. The van der Waals surface area contributed by atoms with Crippen LogP contribution in [0.25, 0.3) is 0 Å². The van der Waals surface area contributed by atoms with Crippen molar-refractivity contribution in [3.05, 3.63) is 27.8 Å². The van der Waals surface area contributed by atoms with E-state index in [1.165, 1.54) is 13.2 Å². The zero-order valence-electron chi connectivity index (χ0n) is 18.8. The minimum atomic E-state index is -2.24. The lowest BCUT2D eigenvalue weighted by Crippen LogP contribution is -2.58. The third-order valence-corrected chi connectivity index (χ3v) is 13.2. The summed E-state index contributed by atoms with van der Waals surface area (Å²) in [6.07, 6.45) is 0. The second kappa shape index (κ2) is 9.54. The molecular formula is C21H36N2O4Si. The summed E-state index contributed by atoms with van der Waals surface area (Å²) >= 11 is 0. The molecule has 0 atom stereocenters. The molecule has 0 saturated heterocycles. The van der Waals surface area contributed by atoms with E-state index in [1.807, 2.05) is 19.9 Å². The third kappa shape index (κ3) is 3.95. The van der Waals surface area contributed by atoms with Crippen LogP contribution in [0.5, 0.6) is 5.75 Å². The lowest BCUT2D eigenvalue weighted by atomic mass is 10.1. The van der Waals surface area contributed by atoms with Crippen molar-refractivity contribution in [2.45, 2.75) is 72.0 Å². The smallest absolute Gasteiger partial charge is 0.311 e. The van der Waals surface area contributed by atoms with E-state index in [9.17, 15) is 14.9 Å². The molecule has 7 heteroatoms. The van der Waals surface area contributed by atoms with Crippen LogP contribution in [0.3, 0.4) is 0 Å². The van der Waals surface area contributed by atoms with E-state index in [0.29, 0.717) is 35.3 Å². The minimum absolute atomic E-state index is 0.0956. The van der Waals surface area contributed by atoms with Gasteiger partial charge in [0.15, 0.2) is 0 Å².